The molecule has 0 aromatic heterocycles. The van der Waals surface area contributed by atoms with E-state index >= 15 is 0 Å². The van der Waals surface area contributed by atoms with Crippen molar-refractivity contribution >= 4 is 0 Å². The normalized spacial score (nSPS) is 20.9. The predicted octanol–water partition coefficient (Wildman–Crippen LogP) is 3.12. The third-order valence-electron chi connectivity index (χ3n) is 4.20. The summed E-state index contributed by atoms with van der Waals surface area (Å²) in [4.78, 5) is 0. The minimum atomic E-state index is -0.613. The molecule has 0 heterocycles. The molecule has 1 rings (SSSR count). The molecule has 1 aliphatic carbocycles. The summed E-state index contributed by atoms with van der Waals surface area (Å²) in [6.07, 6.45) is 6.37. The fraction of sp³-hybridized carbons (Fsp3) is 0.875. The Morgan fingerprint density at radius 3 is 2.28 bits per heavy atom. The van der Waals surface area contributed by atoms with Crippen molar-refractivity contribution in [2.24, 2.45) is 11.3 Å². The van der Waals surface area contributed by atoms with E-state index in [1.807, 2.05) is 0 Å². The number of hydrogen-bond donors (Lipinski definition) is 2. The molecule has 0 radical (unpaired) electrons. The fourth-order valence-corrected chi connectivity index (χ4v) is 2.47. The second-order valence-corrected chi connectivity index (χ2v) is 6.37. The lowest BCUT2D eigenvalue weighted by atomic mass is 9.83. The summed E-state index contributed by atoms with van der Waals surface area (Å²) in [5.41, 5.74) is 0.115. The molecule has 2 atom stereocenters. The van der Waals surface area contributed by atoms with Gasteiger partial charge in [-0.25, -0.2) is 0 Å². The van der Waals surface area contributed by atoms with Gasteiger partial charge in [-0.1, -0.05) is 58.3 Å². The van der Waals surface area contributed by atoms with Crippen molar-refractivity contribution in [3.8, 4) is 11.8 Å². The van der Waals surface area contributed by atoms with E-state index in [9.17, 15) is 10.2 Å². The Balaban J connectivity index is 2.43. The third kappa shape index (κ3) is 5.42. The number of aliphatic hydroxyl groups is 2. The van der Waals surface area contributed by atoms with Gasteiger partial charge < -0.3 is 10.2 Å². The molecule has 1 saturated carbocycles. The van der Waals surface area contributed by atoms with Crippen LogP contribution in [0.3, 0.4) is 0 Å². The van der Waals surface area contributed by atoms with E-state index < -0.39 is 12.2 Å². The highest BCUT2D eigenvalue weighted by Crippen LogP contribution is 2.27. The van der Waals surface area contributed by atoms with Crippen LogP contribution in [-0.2, 0) is 0 Å². The van der Waals surface area contributed by atoms with Crippen LogP contribution in [0.15, 0.2) is 0 Å². The second kappa shape index (κ2) is 7.16. The van der Waals surface area contributed by atoms with Crippen LogP contribution in [0, 0.1) is 23.2 Å². The van der Waals surface area contributed by atoms with Gasteiger partial charge in [-0.15, -0.1) is 0 Å². The summed E-state index contributed by atoms with van der Waals surface area (Å²) in [7, 11) is 0. The Hall–Kier alpha value is -0.520. The first-order valence-corrected chi connectivity index (χ1v) is 7.32. The third-order valence-corrected chi connectivity index (χ3v) is 4.20. The number of hydrogen-bond acceptors (Lipinski definition) is 2. The minimum Gasteiger partial charge on any atom is -0.380 e. The van der Waals surface area contributed by atoms with Crippen LogP contribution in [-0.4, -0.2) is 22.4 Å². The van der Waals surface area contributed by atoms with Crippen molar-refractivity contribution in [1.82, 2.24) is 0 Å². The van der Waals surface area contributed by atoms with Crippen molar-refractivity contribution in [2.45, 2.75) is 77.9 Å². The van der Waals surface area contributed by atoms with E-state index in [4.69, 9.17) is 0 Å². The molecule has 1 aliphatic rings. The van der Waals surface area contributed by atoms with E-state index in [-0.39, 0.29) is 5.41 Å². The van der Waals surface area contributed by atoms with Crippen LogP contribution in [0.4, 0.5) is 0 Å². The Labute approximate surface area is 112 Å². The van der Waals surface area contributed by atoms with Gasteiger partial charge >= 0.3 is 0 Å². The van der Waals surface area contributed by atoms with Gasteiger partial charge in [0, 0.05) is 0 Å². The summed E-state index contributed by atoms with van der Waals surface area (Å²) < 4.78 is 0. The van der Waals surface area contributed by atoms with E-state index in [2.05, 4.69) is 32.6 Å². The molecule has 18 heavy (non-hydrogen) atoms. The van der Waals surface area contributed by atoms with Crippen molar-refractivity contribution in [3.63, 3.8) is 0 Å². The topological polar surface area (TPSA) is 40.5 Å². The molecule has 0 saturated heterocycles. The molecule has 0 bridgehead atoms. The SMILES string of the molecule is CCC(C)(C)CC(O)C#CC(O)C1CCCCC1. The van der Waals surface area contributed by atoms with Crippen molar-refractivity contribution in [1.29, 1.82) is 0 Å². The van der Waals surface area contributed by atoms with Crippen molar-refractivity contribution in [2.75, 3.05) is 0 Å². The van der Waals surface area contributed by atoms with Gasteiger partial charge in [0.05, 0.1) is 0 Å². The maximum absolute atomic E-state index is 9.99. The quantitative estimate of drug-likeness (QED) is 0.755. The Kier molecular flexibility index (Phi) is 6.18. The lowest BCUT2D eigenvalue weighted by molar-refractivity contribution is 0.130. The molecule has 104 valence electrons. The summed E-state index contributed by atoms with van der Waals surface area (Å²) >= 11 is 0. The first-order chi connectivity index (χ1) is 8.44. The smallest absolute Gasteiger partial charge is 0.117 e. The molecule has 2 N–H and O–H groups in total. The summed E-state index contributed by atoms with van der Waals surface area (Å²) in [5.74, 6) is 6.00. The Morgan fingerprint density at radius 1 is 1.11 bits per heavy atom. The summed E-state index contributed by atoms with van der Waals surface area (Å²) in [6, 6.07) is 0. The molecule has 2 unspecified atom stereocenters. The monoisotopic (exact) mass is 252 g/mol. The predicted molar refractivity (Wildman–Crippen MR) is 75.1 cm³/mol. The zero-order valence-corrected chi connectivity index (χ0v) is 12.1. The molecule has 2 heteroatoms. The Morgan fingerprint density at radius 2 is 1.72 bits per heavy atom. The molecule has 0 aromatic carbocycles. The highest BCUT2D eigenvalue weighted by atomic mass is 16.3. The van der Waals surface area contributed by atoms with Gasteiger partial charge in [-0.2, -0.15) is 0 Å². The van der Waals surface area contributed by atoms with Gasteiger partial charge in [-0.3, -0.25) is 0 Å². The minimum absolute atomic E-state index is 0.115. The van der Waals surface area contributed by atoms with Gasteiger partial charge in [0.1, 0.15) is 12.2 Å². The van der Waals surface area contributed by atoms with Gasteiger partial charge in [0.15, 0.2) is 0 Å². The van der Waals surface area contributed by atoms with Crippen molar-refractivity contribution < 1.29 is 10.2 Å². The van der Waals surface area contributed by atoms with Gasteiger partial charge in [0.2, 0.25) is 0 Å². The molecule has 0 aromatic rings. The Bertz CT molecular complexity index is 292. The van der Waals surface area contributed by atoms with E-state index in [1.165, 1.54) is 19.3 Å². The van der Waals surface area contributed by atoms with Crippen LogP contribution < -0.4 is 0 Å². The molecule has 2 nitrogen and oxygen atoms in total. The lowest BCUT2D eigenvalue weighted by Gasteiger charge is -2.24. The maximum atomic E-state index is 9.99. The molecular weight excluding hydrogens is 224 g/mol. The standard InChI is InChI=1S/C16H28O2/c1-4-16(2,3)12-14(17)10-11-15(18)13-8-6-5-7-9-13/h13-15,17-18H,4-9,12H2,1-3H3. The highest BCUT2D eigenvalue weighted by Gasteiger charge is 2.21. The average molecular weight is 252 g/mol. The number of aliphatic hydroxyl groups excluding tert-OH is 2. The largest absolute Gasteiger partial charge is 0.380 e. The van der Waals surface area contributed by atoms with Gasteiger partial charge in [-0.05, 0) is 30.6 Å². The van der Waals surface area contributed by atoms with Crippen LogP contribution in [0.1, 0.15) is 65.7 Å². The zero-order chi connectivity index (χ0) is 13.6. The first-order valence-electron chi connectivity index (χ1n) is 7.32. The number of rotatable bonds is 4. The van der Waals surface area contributed by atoms with E-state index in [1.54, 1.807) is 0 Å². The van der Waals surface area contributed by atoms with Crippen molar-refractivity contribution in [3.05, 3.63) is 0 Å². The summed E-state index contributed by atoms with van der Waals surface area (Å²) in [5, 5.41) is 19.9. The highest BCUT2D eigenvalue weighted by molar-refractivity contribution is 5.11. The summed E-state index contributed by atoms with van der Waals surface area (Å²) in [6.45, 7) is 6.39. The van der Waals surface area contributed by atoms with Gasteiger partial charge in [0.25, 0.3) is 0 Å². The fourth-order valence-electron chi connectivity index (χ4n) is 2.47. The van der Waals surface area contributed by atoms with E-state index in [0.717, 1.165) is 19.3 Å². The average Bonchev–Trinajstić information content (AvgIpc) is 2.36. The van der Waals surface area contributed by atoms with Crippen LogP contribution in [0.25, 0.3) is 0 Å². The molecule has 0 amide bonds. The van der Waals surface area contributed by atoms with Crippen LogP contribution in [0.2, 0.25) is 0 Å². The maximum Gasteiger partial charge on any atom is 0.117 e. The first kappa shape index (κ1) is 15.5. The molecule has 0 aliphatic heterocycles. The molecular formula is C16H28O2. The molecule has 1 fully saturated rings. The second-order valence-electron chi connectivity index (χ2n) is 6.37. The molecule has 0 spiro atoms. The lowest BCUT2D eigenvalue weighted by Crippen LogP contribution is -2.22. The van der Waals surface area contributed by atoms with Crippen LogP contribution >= 0.6 is 0 Å². The zero-order valence-electron chi connectivity index (χ0n) is 12.1. The van der Waals surface area contributed by atoms with Crippen LogP contribution in [0.5, 0.6) is 0 Å². The van der Waals surface area contributed by atoms with E-state index in [0.29, 0.717) is 12.3 Å².